The molecule has 2 N–H and O–H groups in total. The van der Waals surface area contributed by atoms with Crippen LogP contribution in [0.2, 0.25) is 0 Å². The van der Waals surface area contributed by atoms with Crippen molar-refractivity contribution in [3.63, 3.8) is 0 Å². The Balaban J connectivity index is 2.04. The van der Waals surface area contributed by atoms with Crippen LogP contribution in [0.5, 0.6) is 0 Å². The molecule has 0 aliphatic rings. The largest absolute Gasteiger partial charge is 0.466 e. The van der Waals surface area contributed by atoms with Crippen molar-refractivity contribution in [1.82, 2.24) is 0 Å². The maximum Gasteiger partial charge on any atom is 0.305 e. The second-order valence-electron chi connectivity index (χ2n) is 5.03. The Labute approximate surface area is 116 Å². The zero-order chi connectivity index (χ0) is 13.9. The maximum atomic E-state index is 11.5. The van der Waals surface area contributed by atoms with Crippen LogP contribution in [-0.2, 0) is 16.0 Å². The van der Waals surface area contributed by atoms with Gasteiger partial charge >= 0.3 is 5.97 Å². The number of nitrogens with two attached hydrogens (primary N) is 1. The monoisotopic (exact) mass is 263 g/mol. The lowest BCUT2D eigenvalue weighted by atomic mass is 10.0. The van der Waals surface area contributed by atoms with Crippen molar-refractivity contribution in [2.75, 3.05) is 13.2 Å². The summed E-state index contributed by atoms with van der Waals surface area (Å²) in [5.74, 6) is 0.416. The van der Waals surface area contributed by atoms with Gasteiger partial charge in [0.1, 0.15) is 0 Å². The molecule has 1 aromatic carbocycles. The van der Waals surface area contributed by atoms with E-state index in [-0.39, 0.29) is 5.97 Å². The molecule has 19 heavy (non-hydrogen) atoms. The molecule has 0 heterocycles. The van der Waals surface area contributed by atoms with Gasteiger partial charge in [0, 0.05) is 6.42 Å². The van der Waals surface area contributed by atoms with Crippen LogP contribution in [0.15, 0.2) is 30.3 Å². The van der Waals surface area contributed by atoms with Crippen molar-refractivity contribution in [3.8, 4) is 0 Å². The van der Waals surface area contributed by atoms with Crippen LogP contribution in [0.3, 0.4) is 0 Å². The molecular formula is C16H25NO2. The van der Waals surface area contributed by atoms with Gasteiger partial charge in [0.05, 0.1) is 6.61 Å². The lowest BCUT2D eigenvalue weighted by Crippen LogP contribution is -2.10. The van der Waals surface area contributed by atoms with Gasteiger partial charge in [-0.1, -0.05) is 37.3 Å². The van der Waals surface area contributed by atoms with Gasteiger partial charge in [-0.15, -0.1) is 0 Å². The number of ether oxygens (including phenoxy) is 1. The average molecular weight is 263 g/mol. The zero-order valence-electron chi connectivity index (χ0n) is 11.8. The minimum Gasteiger partial charge on any atom is -0.466 e. The second-order valence-corrected chi connectivity index (χ2v) is 5.03. The third-order valence-corrected chi connectivity index (χ3v) is 3.22. The lowest BCUT2D eigenvalue weighted by molar-refractivity contribution is -0.144. The lowest BCUT2D eigenvalue weighted by Gasteiger charge is -2.09. The fourth-order valence-corrected chi connectivity index (χ4v) is 1.97. The molecule has 0 aliphatic carbocycles. The van der Waals surface area contributed by atoms with Crippen molar-refractivity contribution in [2.24, 2.45) is 11.7 Å². The zero-order valence-corrected chi connectivity index (χ0v) is 11.8. The number of benzene rings is 1. The smallest absolute Gasteiger partial charge is 0.305 e. The molecule has 0 saturated heterocycles. The first-order valence-electron chi connectivity index (χ1n) is 7.12. The molecule has 1 atom stereocenters. The summed E-state index contributed by atoms with van der Waals surface area (Å²) in [4.78, 5) is 11.5. The summed E-state index contributed by atoms with van der Waals surface area (Å²) in [7, 11) is 0. The Bertz CT molecular complexity index is 351. The molecule has 1 rings (SSSR count). The van der Waals surface area contributed by atoms with Crippen LogP contribution in [0.1, 0.15) is 38.2 Å². The highest BCUT2D eigenvalue weighted by Crippen LogP contribution is 2.10. The summed E-state index contributed by atoms with van der Waals surface area (Å²) in [6, 6.07) is 10.2. The Morgan fingerprint density at radius 2 is 2.00 bits per heavy atom. The van der Waals surface area contributed by atoms with Gasteiger partial charge < -0.3 is 10.5 Å². The van der Waals surface area contributed by atoms with E-state index in [0.717, 1.165) is 25.7 Å². The van der Waals surface area contributed by atoms with E-state index in [1.54, 1.807) is 0 Å². The van der Waals surface area contributed by atoms with Gasteiger partial charge in [-0.25, -0.2) is 0 Å². The molecule has 3 nitrogen and oxygen atoms in total. The summed E-state index contributed by atoms with van der Waals surface area (Å²) in [5.41, 5.74) is 6.76. The van der Waals surface area contributed by atoms with E-state index < -0.39 is 0 Å². The molecule has 0 spiro atoms. The topological polar surface area (TPSA) is 52.3 Å². The summed E-state index contributed by atoms with van der Waals surface area (Å²) in [6.45, 7) is 3.32. The molecule has 0 amide bonds. The summed E-state index contributed by atoms with van der Waals surface area (Å²) < 4.78 is 5.22. The van der Waals surface area contributed by atoms with Crippen LogP contribution >= 0.6 is 0 Å². The minimum absolute atomic E-state index is 0.0862. The molecule has 0 aliphatic heterocycles. The molecule has 0 radical (unpaired) electrons. The van der Waals surface area contributed by atoms with Crippen LogP contribution in [-0.4, -0.2) is 19.1 Å². The predicted molar refractivity (Wildman–Crippen MR) is 77.8 cm³/mol. The predicted octanol–water partition coefficient (Wildman–Crippen LogP) is 2.93. The van der Waals surface area contributed by atoms with Crippen LogP contribution in [0.25, 0.3) is 0 Å². The van der Waals surface area contributed by atoms with Gasteiger partial charge in [-0.05, 0) is 43.7 Å². The third-order valence-electron chi connectivity index (χ3n) is 3.22. The Morgan fingerprint density at radius 1 is 1.26 bits per heavy atom. The number of hydrogen-bond donors (Lipinski definition) is 1. The molecule has 1 aromatic rings. The van der Waals surface area contributed by atoms with E-state index >= 15 is 0 Å². The summed E-state index contributed by atoms with van der Waals surface area (Å²) >= 11 is 0. The van der Waals surface area contributed by atoms with Gasteiger partial charge in [-0.2, -0.15) is 0 Å². The average Bonchev–Trinajstić information content (AvgIpc) is 2.43. The quantitative estimate of drug-likeness (QED) is 0.550. The SMILES string of the molecule is CC(CCN)CCC(=O)OCCCc1ccccc1. The van der Waals surface area contributed by atoms with Gasteiger partial charge in [0.2, 0.25) is 0 Å². The number of hydrogen-bond acceptors (Lipinski definition) is 3. The van der Waals surface area contributed by atoms with Crippen molar-refractivity contribution >= 4 is 5.97 Å². The molecule has 0 saturated carbocycles. The van der Waals surface area contributed by atoms with E-state index in [9.17, 15) is 4.79 Å². The molecule has 1 unspecified atom stereocenters. The van der Waals surface area contributed by atoms with Gasteiger partial charge in [0.15, 0.2) is 0 Å². The molecule has 106 valence electrons. The number of rotatable bonds is 9. The van der Waals surface area contributed by atoms with Crippen molar-refractivity contribution < 1.29 is 9.53 Å². The van der Waals surface area contributed by atoms with Crippen LogP contribution in [0.4, 0.5) is 0 Å². The first-order valence-corrected chi connectivity index (χ1v) is 7.12. The molecule has 0 fully saturated rings. The number of esters is 1. The van der Waals surface area contributed by atoms with Gasteiger partial charge in [0.25, 0.3) is 0 Å². The van der Waals surface area contributed by atoms with Crippen molar-refractivity contribution in [2.45, 2.75) is 39.0 Å². The molecule has 0 aromatic heterocycles. The highest BCUT2D eigenvalue weighted by Gasteiger charge is 2.07. The molecular weight excluding hydrogens is 238 g/mol. The molecule has 0 bridgehead atoms. The summed E-state index contributed by atoms with van der Waals surface area (Å²) in [5, 5.41) is 0. The first kappa shape index (κ1) is 15.7. The standard InChI is InChI=1S/C16H25NO2/c1-14(11-12-17)9-10-16(18)19-13-5-8-15-6-3-2-4-7-15/h2-4,6-7,14H,5,8-13,17H2,1H3. The number of carbonyl (C=O) groups is 1. The van der Waals surface area contributed by atoms with E-state index in [4.69, 9.17) is 10.5 Å². The minimum atomic E-state index is -0.0862. The second kappa shape index (κ2) is 9.56. The van der Waals surface area contributed by atoms with Crippen molar-refractivity contribution in [3.05, 3.63) is 35.9 Å². The summed E-state index contributed by atoms with van der Waals surface area (Å²) in [6.07, 6.45) is 4.19. The van der Waals surface area contributed by atoms with Crippen LogP contribution in [0, 0.1) is 5.92 Å². The highest BCUT2D eigenvalue weighted by molar-refractivity contribution is 5.69. The Morgan fingerprint density at radius 3 is 2.68 bits per heavy atom. The van der Waals surface area contributed by atoms with E-state index in [0.29, 0.717) is 25.5 Å². The fourth-order valence-electron chi connectivity index (χ4n) is 1.97. The van der Waals surface area contributed by atoms with E-state index in [1.807, 2.05) is 18.2 Å². The fraction of sp³-hybridized carbons (Fsp3) is 0.562. The first-order chi connectivity index (χ1) is 9.22. The third kappa shape index (κ3) is 7.62. The Hall–Kier alpha value is -1.35. The normalized spacial score (nSPS) is 12.1. The highest BCUT2D eigenvalue weighted by atomic mass is 16.5. The number of aryl methyl sites for hydroxylation is 1. The van der Waals surface area contributed by atoms with E-state index in [1.165, 1.54) is 5.56 Å². The maximum absolute atomic E-state index is 11.5. The van der Waals surface area contributed by atoms with Crippen molar-refractivity contribution in [1.29, 1.82) is 0 Å². The molecule has 3 heteroatoms. The van der Waals surface area contributed by atoms with E-state index in [2.05, 4.69) is 19.1 Å². The van der Waals surface area contributed by atoms with Gasteiger partial charge in [-0.3, -0.25) is 4.79 Å². The van der Waals surface area contributed by atoms with Crippen LogP contribution < -0.4 is 5.73 Å². The Kier molecular flexibility index (Phi) is 7.91. The number of carbonyl (C=O) groups excluding carboxylic acids is 1.